The van der Waals surface area contributed by atoms with Crippen molar-refractivity contribution in [3.05, 3.63) is 48.2 Å². The molecule has 1 aliphatic rings. The van der Waals surface area contributed by atoms with E-state index in [-0.39, 0.29) is 11.6 Å². The zero-order chi connectivity index (χ0) is 17.2. The standard InChI is InChI=1S/C18H21N3O2S/c1-18(2)11-13(12-7-4-5-8-14(12)23-18)20-17(24)21-16-15(22-3)9-6-10-19-16/h4-10,13H,11H2,1-3H3,(H2,19,20,21,24). The first-order valence-corrected chi connectivity index (χ1v) is 8.24. The van der Waals surface area contributed by atoms with Gasteiger partial charge >= 0.3 is 0 Å². The van der Waals surface area contributed by atoms with Crippen molar-refractivity contribution >= 4 is 23.1 Å². The number of benzene rings is 1. The predicted molar refractivity (Wildman–Crippen MR) is 98.7 cm³/mol. The summed E-state index contributed by atoms with van der Waals surface area (Å²) in [7, 11) is 1.61. The molecule has 1 unspecified atom stereocenters. The van der Waals surface area contributed by atoms with Crippen molar-refractivity contribution in [1.29, 1.82) is 0 Å². The zero-order valence-electron chi connectivity index (χ0n) is 14.0. The molecule has 0 amide bonds. The van der Waals surface area contributed by atoms with Gasteiger partial charge in [-0.2, -0.15) is 0 Å². The van der Waals surface area contributed by atoms with Crippen LogP contribution in [-0.4, -0.2) is 22.8 Å². The molecule has 24 heavy (non-hydrogen) atoms. The SMILES string of the molecule is COc1cccnc1NC(=S)NC1CC(C)(C)Oc2ccccc21. The lowest BCUT2D eigenvalue weighted by Crippen LogP contribution is -2.42. The fourth-order valence-electron chi connectivity index (χ4n) is 2.88. The topological polar surface area (TPSA) is 55.4 Å². The highest BCUT2D eigenvalue weighted by molar-refractivity contribution is 7.80. The lowest BCUT2D eigenvalue weighted by Gasteiger charge is -2.38. The fourth-order valence-corrected chi connectivity index (χ4v) is 3.12. The molecule has 2 aromatic rings. The number of anilines is 1. The number of aromatic nitrogens is 1. The Labute approximate surface area is 147 Å². The highest BCUT2D eigenvalue weighted by Gasteiger charge is 2.33. The van der Waals surface area contributed by atoms with Gasteiger partial charge in [-0.25, -0.2) is 4.98 Å². The number of rotatable bonds is 3. The molecule has 2 N–H and O–H groups in total. The average molecular weight is 343 g/mol. The van der Waals surface area contributed by atoms with E-state index in [9.17, 15) is 0 Å². The summed E-state index contributed by atoms with van der Waals surface area (Å²) in [6.45, 7) is 4.16. The van der Waals surface area contributed by atoms with Crippen molar-refractivity contribution in [2.75, 3.05) is 12.4 Å². The maximum atomic E-state index is 6.05. The summed E-state index contributed by atoms with van der Waals surface area (Å²) in [4.78, 5) is 4.27. The molecule has 126 valence electrons. The van der Waals surface area contributed by atoms with Crippen LogP contribution in [0.3, 0.4) is 0 Å². The second-order valence-corrected chi connectivity index (χ2v) is 6.72. The fraction of sp³-hybridized carbons (Fsp3) is 0.333. The number of para-hydroxylation sites is 1. The quantitative estimate of drug-likeness (QED) is 0.829. The molecule has 1 aromatic carbocycles. The first-order chi connectivity index (χ1) is 11.5. The summed E-state index contributed by atoms with van der Waals surface area (Å²) in [6.07, 6.45) is 2.51. The van der Waals surface area contributed by atoms with Crippen molar-refractivity contribution < 1.29 is 9.47 Å². The van der Waals surface area contributed by atoms with Crippen LogP contribution in [0.15, 0.2) is 42.6 Å². The predicted octanol–water partition coefficient (Wildman–Crippen LogP) is 3.68. The van der Waals surface area contributed by atoms with E-state index in [2.05, 4.69) is 35.5 Å². The second kappa shape index (κ2) is 6.65. The molecule has 5 nitrogen and oxygen atoms in total. The third kappa shape index (κ3) is 3.59. The number of methoxy groups -OCH3 is 1. The summed E-state index contributed by atoms with van der Waals surface area (Å²) in [6, 6.07) is 11.8. The Hall–Kier alpha value is -2.34. The molecule has 0 fully saturated rings. The van der Waals surface area contributed by atoms with E-state index in [0.29, 0.717) is 16.7 Å². The molecule has 0 saturated heterocycles. The Morgan fingerprint density at radius 2 is 2.08 bits per heavy atom. The molecule has 3 rings (SSSR count). The van der Waals surface area contributed by atoms with E-state index in [1.165, 1.54) is 0 Å². The molecule has 0 radical (unpaired) electrons. The van der Waals surface area contributed by atoms with E-state index in [4.69, 9.17) is 21.7 Å². The molecular formula is C18H21N3O2S. The largest absolute Gasteiger partial charge is 0.493 e. The van der Waals surface area contributed by atoms with Crippen molar-refractivity contribution in [2.24, 2.45) is 0 Å². The van der Waals surface area contributed by atoms with E-state index in [1.54, 1.807) is 13.3 Å². The van der Waals surface area contributed by atoms with E-state index in [0.717, 1.165) is 17.7 Å². The van der Waals surface area contributed by atoms with Crippen molar-refractivity contribution in [3.8, 4) is 11.5 Å². The van der Waals surface area contributed by atoms with Gasteiger partial charge in [-0.1, -0.05) is 18.2 Å². The summed E-state index contributed by atoms with van der Waals surface area (Å²) >= 11 is 5.47. The maximum absolute atomic E-state index is 6.05. The average Bonchev–Trinajstić information content (AvgIpc) is 2.54. The number of ether oxygens (including phenoxy) is 2. The van der Waals surface area contributed by atoms with Crippen LogP contribution in [0.1, 0.15) is 31.9 Å². The van der Waals surface area contributed by atoms with Crippen LogP contribution < -0.4 is 20.1 Å². The van der Waals surface area contributed by atoms with Crippen molar-refractivity contribution in [3.63, 3.8) is 0 Å². The Morgan fingerprint density at radius 1 is 1.29 bits per heavy atom. The van der Waals surface area contributed by atoms with Gasteiger partial charge < -0.3 is 20.1 Å². The van der Waals surface area contributed by atoms with Crippen LogP contribution >= 0.6 is 12.2 Å². The van der Waals surface area contributed by atoms with Gasteiger partial charge in [0.05, 0.1) is 13.2 Å². The number of pyridine rings is 1. The van der Waals surface area contributed by atoms with Gasteiger partial charge in [-0.05, 0) is 44.3 Å². The molecule has 1 atom stereocenters. The molecule has 1 aliphatic heterocycles. The van der Waals surface area contributed by atoms with Gasteiger partial charge in [0.1, 0.15) is 11.4 Å². The van der Waals surface area contributed by atoms with Gasteiger partial charge in [-0.15, -0.1) is 0 Å². The molecule has 6 heteroatoms. The Morgan fingerprint density at radius 3 is 2.88 bits per heavy atom. The van der Waals surface area contributed by atoms with E-state index < -0.39 is 0 Å². The lowest BCUT2D eigenvalue weighted by molar-refractivity contribution is 0.0697. The van der Waals surface area contributed by atoms with Crippen LogP contribution in [0.2, 0.25) is 0 Å². The van der Waals surface area contributed by atoms with Crippen molar-refractivity contribution in [2.45, 2.75) is 31.9 Å². The normalized spacial score (nSPS) is 18.0. The first kappa shape index (κ1) is 16.5. The van der Waals surface area contributed by atoms with Crippen molar-refractivity contribution in [1.82, 2.24) is 10.3 Å². The maximum Gasteiger partial charge on any atom is 0.174 e. The molecule has 0 aliphatic carbocycles. The third-order valence-electron chi connectivity index (χ3n) is 3.90. The van der Waals surface area contributed by atoms with E-state index in [1.807, 2.05) is 30.3 Å². The van der Waals surface area contributed by atoms with Crippen LogP contribution in [-0.2, 0) is 0 Å². The van der Waals surface area contributed by atoms with Crippen LogP contribution in [0.5, 0.6) is 11.5 Å². The number of fused-ring (bicyclic) bond motifs is 1. The van der Waals surface area contributed by atoms with Gasteiger partial charge in [0.15, 0.2) is 16.7 Å². The van der Waals surface area contributed by atoms with Gasteiger partial charge in [0.25, 0.3) is 0 Å². The minimum Gasteiger partial charge on any atom is -0.493 e. The molecule has 0 bridgehead atoms. The summed E-state index contributed by atoms with van der Waals surface area (Å²) < 4.78 is 11.3. The highest BCUT2D eigenvalue weighted by Crippen LogP contribution is 2.39. The molecular weight excluding hydrogens is 322 g/mol. The first-order valence-electron chi connectivity index (χ1n) is 7.83. The monoisotopic (exact) mass is 343 g/mol. The highest BCUT2D eigenvalue weighted by atomic mass is 32.1. The summed E-state index contributed by atoms with van der Waals surface area (Å²) in [5, 5.41) is 6.99. The minimum absolute atomic E-state index is 0.0691. The van der Waals surface area contributed by atoms with Gasteiger partial charge in [0.2, 0.25) is 0 Å². The number of nitrogens with zero attached hydrogens (tertiary/aromatic N) is 1. The van der Waals surface area contributed by atoms with Gasteiger partial charge in [-0.3, -0.25) is 0 Å². The Balaban J connectivity index is 1.77. The van der Waals surface area contributed by atoms with Crippen LogP contribution in [0.25, 0.3) is 0 Å². The number of hydrogen-bond acceptors (Lipinski definition) is 4. The lowest BCUT2D eigenvalue weighted by atomic mass is 9.90. The molecule has 0 saturated carbocycles. The summed E-state index contributed by atoms with van der Waals surface area (Å²) in [5.74, 6) is 2.14. The summed E-state index contributed by atoms with van der Waals surface area (Å²) in [5.41, 5.74) is 0.846. The molecule has 2 heterocycles. The number of hydrogen-bond donors (Lipinski definition) is 2. The molecule has 0 spiro atoms. The van der Waals surface area contributed by atoms with Crippen LogP contribution in [0, 0.1) is 0 Å². The second-order valence-electron chi connectivity index (χ2n) is 6.31. The number of nitrogens with one attached hydrogen (secondary N) is 2. The smallest absolute Gasteiger partial charge is 0.174 e. The Bertz CT molecular complexity index is 749. The molecule has 1 aromatic heterocycles. The van der Waals surface area contributed by atoms with E-state index >= 15 is 0 Å². The minimum atomic E-state index is -0.260. The third-order valence-corrected chi connectivity index (χ3v) is 4.12. The number of thiocarbonyl (C=S) groups is 1. The Kier molecular flexibility index (Phi) is 4.57. The van der Waals surface area contributed by atoms with Crippen LogP contribution in [0.4, 0.5) is 5.82 Å². The van der Waals surface area contributed by atoms with Gasteiger partial charge in [0, 0.05) is 18.2 Å². The zero-order valence-corrected chi connectivity index (χ0v) is 14.8.